The van der Waals surface area contributed by atoms with Crippen molar-refractivity contribution in [1.29, 1.82) is 0 Å². The van der Waals surface area contributed by atoms with Gasteiger partial charge in [0.2, 0.25) is 10.0 Å². The van der Waals surface area contributed by atoms with Crippen LogP contribution in [-0.4, -0.2) is 44.8 Å². The Kier molecular flexibility index (Phi) is 8.85. The Labute approximate surface area is 156 Å². The molecule has 0 atom stereocenters. The van der Waals surface area contributed by atoms with Crippen LogP contribution in [0.3, 0.4) is 0 Å². The number of rotatable bonds is 7. The minimum Gasteiger partial charge on any atom is -0.352 e. The molecule has 0 aromatic heterocycles. The molecule has 1 aliphatic heterocycles. The molecule has 0 spiro atoms. The molecule has 1 aromatic carbocycles. The zero-order valence-electron chi connectivity index (χ0n) is 14.6. The molecule has 25 heavy (non-hydrogen) atoms. The van der Waals surface area contributed by atoms with Crippen molar-refractivity contribution in [3.05, 3.63) is 29.8 Å². The number of nitrogens with two attached hydrogens (primary N) is 1. The normalized spacial score (nSPS) is 16.2. The second kappa shape index (κ2) is 10.1. The maximum atomic E-state index is 12.6. The van der Waals surface area contributed by atoms with Crippen LogP contribution in [0.4, 0.5) is 0 Å². The predicted molar refractivity (Wildman–Crippen MR) is 101 cm³/mol. The smallest absolute Gasteiger partial charge is 0.251 e. The summed E-state index contributed by atoms with van der Waals surface area (Å²) >= 11 is 0. The average Bonchev–Trinajstić information content (AvgIpc) is 2.59. The van der Waals surface area contributed by atoms with Gasteiger partial charge in [-0.1, -0.05) is 6.92 Å². The molecule has 8 heteroatoms. The lowest BCUT2D eigenvalue weighted by Gasteiger charge is -2.29. The summed E-state index contributed by atoms with van der Waals surface area (Å²) in [6.45, 7) is 4.45. The number of unbranched alkanes of at least 4 members (excludes halogenated alkanes) is 1. The van der Waals surface area contributed by atoms with E-state index in [1.54, 1.807) is 12.1 Å². The van der Waals surface area contributed by atoms with Crippen molar-refractivity contribution < 1.29 is 13.2 Å². The number of halogens is 1. The maximum Gasteiger partial charge on any atom is 0.251 e. The molecule has 1 aromatic rings. The number of amides is 1. The fourth-order valence-corrected chi connectivity index (χ4v) is 4.20. The van der Waals surface area contributed by atoms with Gasteiger partial charge >= 0.3 is 0 Å². The second-order valence-corrected chi connectivity index (χ2v) is 8.30. The van der Waals surface area contributed by atoms with E-state index in [0.29, 0.717) is 37.7 Å². The van der Waals surface area contributed by atoms with Crippen molar-refractivity contribution in [1.82, 2.24) is 9.62 Å². The molecule has 1 amide bonds. The van der Waals surface area contributed by atoms with E-state index < -0.39 is 10.0 Å². The van der Waals surface area contributed by atoms with Gasteiger partial charge in [-0.25, -0.2) is 8.42 Å². The van der Waals surface area contributed by atoms with Gasteiger partial charge in [0.05, 0.1) is 4.90 Å². The molecule has 0 radical (unpaired) electrons. The van der Waals surface area contributed by atoms with Crippen molar-refractivity contribution >= 4 is 28.3 Å². The van der Waals surface area contributed by atoms with Crippen LogP contribution in [0.5, 0.6) is 0 Å². The number of nitrogens with zero attached hydrogens (tertiary/aromatic N) is 1. The third-order valence-electron chi connectivity index (χ3n) is 4.41. The van der Waals surface area contributed by atoms with E-state index in [0.717, 1.165) is 25.7 Å². The SMILES string of the molecule is CC1CCN(S(=O)(=O)c2ccc(C(=O)NCCCCN)cc2)CC1.Cl. The molecule has 1 heterocycles. The van der Waals surface area contributed by atoms with Gasteiger partial charge in [0.25, 0.3) is 5.91 Å². The van der Waals surface area contributed by atoms with E-state index >= 15 is 0 Å². The van der Waals surface area contributed by atoms with Gasteiger partial charge in [-0.3, -0.25) is 4.79 Å². The van der Waals surface area contributed by atoms with Crippen LogP contribution in [0.25, 0.3) is 0 Å². The van der Waals surface area contributed by atoms with Crippen LogP contribution in [0.15, 0.2) is 29.2 Å². The van der Waals surface area contributed by atoms with Crippen LogP contribution in [0, 0.1) is 5.92 Å². The van der Waals surface area contributed by atoms with Gasteiger partial charge in [-0.05, 0) is 62.4 Å². The quantitative estimate of drug-likeness (QED) is 0.697. The van der Waals surface area contributed by atoms with E-state index in [-0.39, 0.29) is 23.2 Å². The molecule has 1 aliphatic rings. The van der Waals surface area contributed by atoms with Gasteiger partial charge in [-0.15, -0.1) is 12.4 Å². The van der Waals surface area contributed by atoms with Crippen molar-refractivity contribution in [3.8, 4) is 0 Å². The summed E-state index contributed by atoms with van der Waals surface area (Å²) in [6.07, 6.45) is 3.49. The summed E-state index contributed by atoms with van der Waals surface area (Å²) in [4.78, 5) is 12.3. The number of carbonyl (C=O) groups is 1. The zero-order valence-corrected chi connectivity index (χ0v) is 16.2. The predicted octanol–water partition coefficient (Wildman–Crippen LogP) is 2.00. The molecule has 1 saturated heterocycles. The highest BCUT2D eigenvalue weighted by Gasteiger charge is 2.28. The summed E-state index contributed by atoms with van der Waals surface area (Å²) in [5, 5.41) is 2.81. The molecule has 0 aliphatic carbocycles. The molecule has 142 valence electrons. The Balaban J connectivity index is 0.00000312. The van der Waals surface area contributed by atoms with Crippen LogP contribution >= 0.6 is 12.4 Å². The highest BCUT2D eigenvalue weighted by Crippen LogP contribution is 2.23. The molecule has 3 N–H and O–H groups in total. The fourth-order valence-electron chi connectivity index (χ4n) is 2.73. The Hall–Kier alpha value is -1.15. The number of nitrogens with one attached hydrogen (secondary N) is 1. The lowest BCUT2D eigenvalue weighted by Crippen LogP contribution is -2.37. The topological polar surface area (TPSA) is 92.5 Å². The second-order valence-electron chi connectivity index (χ2n) is 6.36. The van der Waals surface area contributed by atoms with E-state index in [1.807, 2.05) is 0 Å². The fraction of sp³-hybridized carbons (Fsp3) is 0.588. The molecule has 0 saturated carbocycles. The van der Waals surface area contributed by atoms with Crippen molar-refractivity contribution in [2.45, 2.75) is 37.5 Å². The Morgan fingerprint density at radius 2 is 1.80 bits per heavy atom. The average molecular weight is 390 g/mol. The first kappa shape index (κ1) is 21.9. The van der Waals surface area contributed by atoms with Crippen molar-refractivity contribution in [2.75, 3.05) is 26.2 Å². The van der Waals surface area contributed by atoms with Gasteiger partial charge < -0.3 is 11.1 Å². The van der Waals surface area contributed by atoms with Crippen LogP contribution < -0.4 is 11.1 Å². The Bertz CT molecular complexity index is 642. The first-order valence-corrected chi connectivity index (χ1v) is 9.97. The lowest BCUT2D eigenvalue weighted by molar-refractivity contribution is 0.0953. The molecular weight excluding hydrogens is 362 g/mol. The lowest BCUT2D eigenvalue weighted by atomic mass is 10.0. The molecule has 1 fully saturated rings. The third-order valence-corrected chi connectivity index (χ3v) is 6.33. The summed E-state index contributed by atoms with van der Waals surface area (Å²) in [5.41, 5.74) is 5.88. The number of benzene rings is 1. The monoisotopic (exact) mass is 389 g/mol. The molecule has 0 unspecified atom stereocenters. The molecule has 0 bridgehead atoms. The summed E-state index contributed by atoms with van der Waals surface area (Å²) in [7, 11) is -3.46. The van der Waals surface area contributed by atoms with Crippen LogP contribution in [-0.2, 0) is 10.0 Å². The Morgan fingerprint density at radius 1 is 1.20 bits per heavy atom. The highest BCUT2D eigenvalue weighted by atomic mass is 35.5. The minimum atomic E-state index is -3.46. The zero-order chi connectivity index (χ0) is 17.6. The van der Waals surface area contributed by atoms with Crippen molar-refractivity contribution in [3.63, 3.8) is 0 Å². The van der Waals surface area contributed by atoms with Crippen LogP contribution in [0.1, 0.15) is 43.0 Å². The summed E-state index contributed by atoms with van der Waals surface area (Å²) < 4.78 is 26.8. The maximum absolute atomic E-state index is 12.6. The summed E-state index contributed by atoms with van der Waals surface area (Å²) in [6, 6.07) is 6.17. The Morgan fingerprint density at radius 3 is 2.36 bits per heavy atom. The molecule has 2 rings (SSSR count). The number of hydrogen-bond donors (Lipinski definition) is 2. The number of sulfonamides is 1. The first-order chi connectivity index (χ1) is 11.4. The van der Waals surface area contributed by atoms with Gasteiger partial charge in [0.15, 0.2) is 0 Å². The minimum absolute atomic E-state index is 0. The molecular formula is C17H28ClN3O3S. The summed E-state index contributed by atoms with van der Waals surface area (Å²) in [5.74, 6) is 0.379. The van der Waals surface area contributed by atoms with Crippen LogP contribution in [0.2, 0.25) is 0 Å². The molecule has 6 nitrogen and oxygen atoms in total. The van der Waals surface area contributed by atoms with Gasteiger partial charge in [0.1, 0.15) is 0 Å². The first-order valence-electron chi connectivity index (χ1n) is 8.53. The van der Waals surface area contributed by atoms with E-state index in [9.17, 15) is 13.2 Å². The number of hydrogen-bond acceptors (Lipinski definition) is 4. The van der Waals surface area contributed by atoms with Gasteiger partial charge in [0, 0.05) is 25.2 Å². The highest BCUT2D eigenvalue weighted by molar-refractivity contribution is 7.89. The third kappa shape index (κ3) is 5.95. The van der Waals surface area contributed by atoms with Gasteiger partial charge in [-0.2, -0.15) is 4.31 Å². The van der Waals surface area contributed by atoms with Crippen molar-refractivity contribution in [2.24, 2.45) is 11.7 Å². The van der Waals surface area contributed by atoms with E-state index in [4.69, 9.17) is 5.73 Å². The number of carbonyl (C=O) groups excluding carboxylic acids is 1. The number of piperidine rings is 1. The largest absolute Gasteiger partial charge is 0.352 e. The van der Waals surface area contributed by atoms with E-state index in [1.165, 1.54) is 16.4 Å². The standard InChI is InChI=1S/C17H27N3O3S.ClH/c1-14-8-12-20(13-9-14)24(22,23)16-6-4-15(5-7-16)17(21)19-11-3-2-10-18;/h4-7,14H,2-3,8-13,18H2,1H3,(H,19,21);1H. The van der Waals surface area contributed by atoms with E-state index in [2.05, 4.69) is 12.2 Å².